The number of nitrogens with zero attached hydrogens (tertiary/aromatic N) is 3. The third kappa shape index (κ3) is 4.16. The van der Waals surface area contributed by atoms with Crippen molar-refractivity contribution in [2.75, 3.05) is 0 Å². The van der Waals surface area contributed by atoms with E-state index in [4.69, 9.17) is 0 Å². The summed E-state index contributed by atoms with van der Waals surface area (Å²) in [4.78, 5) is 0. The van der Waals surface area contributed by atoms with Crippen LogP contribution in [-0.4, -0.2) is 9.13 Å². The molecule has 40 heavy (non-hydrogen) atoms. The van der Waals surface area contributed by atoms with Crippen LogP contribution in [0.4, 0.5) is 0 Å². The summed E-state index contributed by atoms with van der Waals surface area (Å²) in [5.41, 5.74) is 10.3. The smallest absolute Gasteiger partial charge is 0.263 e. The van der Waals surface area contributed by atoms with Crippen LogP contribution >= 0.6 is 0 Å². The van der Waals surface area contributed by atoms with Crippen molar-refractivity contribution in [2.24, 2.45) is 0 Å². The molecule has 2 heterocycles. The van der Waals surface area contributed by atoms with Gasteiger partial charge in [0.2, 0.25) is 0 Å². The van der Waals surface area contributed by atoms with Crippen LogP contribution in [0.15, 0.2) is 97.3 Å². The van der Waals surface area contributed by atoms with E-state index in [1.807, 2.05) is 0 Å². The van der Waals surface area contributed by atoms with Crippen LogP contribution in [0.2, 0.25) is 0 Å². The molecule has 4 aromatic carbocycles. The van der Waals surface area contributed by atoms with Crippen molar-refractivity contribution in [3.8, 4) is 17.1 Å². The van der Waals surface area contributed by atoms with Crippen LogP contribution < -0.4 is 4.57 Å². The molecule has 0 aliphatic rings. The highest BCUT2D eigenvalue weighted by molar-refractivity contribution is 6.11. The zero-order valence-electron chi connectivity index (χ0n) is 25.1. The summed E-state index contributed by atoms with van der Waals surface area (Å²) < 4.78 is 7.13. The maximum atomic E-state index is 2.42. The fourth-order valence-electron chi connectivity index (χ4n) is 6.18. The number of fused-ring (bicyclic) bond motifs is 3. The predicted molar refractivity (Wildman–Crippen MR) is 169 cm³/mol. The first-order chi connectivity index (χ1) is 19.0. The largest absolute Gasteiger partial charge is 0.305 e. The molecular formula is C37H40N3+. The molecular weight excluding hydrogens is 486 g/mol. The molecule has 3 heteroatoms. The molecule has 0 bridgehead atoms. The summed E-state index contributed by atoms with van der Waals surface area (Å²) in [6.45, 7) is 18.4. The predicted octanol–water partition coefficient (Wildman–Crippen LogP) is 9.06. The monoisotopic (exact) mass is 526 g/mol. The van der Waals surface area contributed by atoms with Gasteiger partial charge in [-0.1, -0.05) is 96.1 Å². The van der Waals surface area contributed by atoms with E-state index in [0.717, 1.165) is 0 Å². The van der Waals surface area contributed by atoms with E-state index in [9.17, 15) is 0 Å². The molecule has 0 unspecified atom stereocenters. The third-order valence-corrected chi connectivity index (χ3v) is 8.32. The van der Waals surface area contributed by atoms with Crippen molar-refractivity contribution in [2.45, 2.75) is 66.2 Å². The van der Waals surface area contributed by atoms with Gasteiger partial charge in [0.15, 0.2) is 5.69 Å². The standard InChI is InChI=1S/C37H40N3/c1-25-31(37(6,7)8)23-27(36(3,4)5)24-34(25)39-22-21-38(26(39)2)33-20-14-18-30-29-17-12-13-19-32(29)40(35(30)33)28-15-10-9-11-16-28/h9-24H,1-8H3/q+1. The van der Waals surface area contributed by atoms with E-state index >= 15 is 0 Å². The van der Waals surface area contributed by atoms with Gasteiger partial charge in [0.1, 0.15) is 23.6 Å². The van der Waals surface area contributed by atoms with Gasteiger partial charge >= 0.3 is 0 Å². The van der Waals surface area contributed by atoms with Crippen LogP contribution in [0.3, 0.4) is 0 Å². The Labute approximate surface area is 238 Å². The number of benzene rings is 4. The van der Waals surface area contributed by atoms with Gasteiger partial charge in [0, 0.05) is 23.4 Å². The molecule has 202 valence electrons. The molecule has 0 radical (unpaired) electrons. The van der Waals surface area contributed by atoms with Gasteiger partial charge < -0.3 is 4.57 Å². The Morgan fingerprint density at radius 3 is 2.05 bits per heavy atom. The first kappa shape index (κ1) is 26.1. The molecule has 0 saturated carbocycles. The number of para-hydroxylation sites is 3. The van der Waals surface area contributed by atoms with E-state index < -0.39 is 0 Å². The van der Waals surface area contributed by atoms with Gasteiger partial charge in [-0.15, -0.1) is 0 Å². The first-order valence-electron chi connectivity index (χ1n) is 14.3. The summed E-state index contributed by atoms with van der Waals surface area (Å²) in [5, 5.41) is 2.53. The second-order valence-corrected chi connectivity index (χ2v) is 13.1. The molecule has 0 spiro atoms. The lowest BCUT2D eigenvalue weighted by molar-refractivity contribution is -0.600. The Balaban J connectivity index is 1.63. The SMILES string of the molecule is Cc1c(-n2cc[n+](-c3cccc4c5ccccc5n(-c5ccccc5)c34)c2C)cc(C(C)(C)C)cc1C(C)(C)C. The molecule has 0 amide bonds. The number of hydrogen-bond donors (Lipinski definition) is 0. The zero-order chi connectivity index (χ0) is 28.4. The second kappa shape index (κ2) is 9.23. The first-order valence-corrected chi connectivity index (χ1v) is 14.3. The summed E-state index contributed by atoms with van der Waals surface area (Å²) in [5.74, 6) is 1.17. The minimum atomic E-state index is 0.0549. The summed E-state index contributed by atoms with van der Waals surface area (Å²) in [6.07, 6.45) is 4.45. The van der Waals surface area contributed by atoms with Gasteiger partial charge in [-0.25, -0.2) is 0 Å². The van der Waals surface area contributed by atoms with Crippen molar-refractivity contribution in [3.05, 3.63) is 120 Å². The van der Waals surface area contributed by atoms with Crippen molar-refractivity contribution in [1.29, 1.82) is 0 Å². The maximum absolute atomic E-state index is 2.42. The average molecular weight is 527 g/mol. The zero-order valence-corrected chi connectivity index (χ0v) is 25.1. The second-order valence-electron chi connectivity index (χ2n) is 13.1. The van der Waals surface area contributed by atoms with Gasteiger partial charge in [-0.3, -0.25) is 0 Å². The lowest BCUT2D eigenvalue weighted by atomic mass is 9.78. The fourth-order valence-corrected chi connectivity index (χ4v) is 6.18. The van der Waals surface area contributed by atoms with Crippen molar-refractivity contribution in [3.63, 3.8) is 0 Å². The van der Waals surface area contributed by atoms with E-state index in [1.165, 1.54) is 61.4 Å². The Kier molecular flexibility index (Phi) is 6.03. The minimum absolute atomic E-state index is 0.0549. The molecule has 0 atom stereocenters. The normalized spacial score (nSPS) is 12.5. The number of imidazole rings is 1. The van der Waals surface area contributed by atoms with Gasteiger partial charge in [-0.05, 0) is 64.8 Å². The molecule has 0 N–H and O–H groups in total. The van der Waals surface area contributed by atoms with Crippen LogP contribution in [0.1, 0.15) is 64.1 Å². The highest BCUT2D eigenvalue weighted by Gasteiger charge is 2.28. The fraction of sp³-hybridized carbons (Fsp3) is 0.270. The molecule has 0 aliphatic heterocycles. The van der Waals surface area contributed by atoms with Crippen molar-refractivity contribution >= 4 is 21.8 Å². The van der Waals surface area contributed by atoms with Gasteiger partial charge in [-0.2, -0.15) is 9.13 Å². The highest BCUT2D eigenvalue weighted by Crippen LogP contribution is 2.36. The summed E-state index contributed by atoms with van der Waals surface area (Å²) >= 11 is 0. The number of aromatic nitrogens is 3. The Hall–Kier alpha value is -4.11. The summed E-state index contributed by atoms with van der Waals surface area (Å²) in [6, 6.07) is 30.9. The highest BCUT2D eigenvalue weighted by atomic mass is 15.2. The molecule has 0 fully saturated rings. The van der Waals surface area contributed by atoms with E-state index in [2.05, 4.69) is 166 Å². The Morgan fingerprint density at radius 2 is 1.35 bits per heavy atom. The molecule has 6 aromatic rings. The molecule has 3 nitrogen and oxygen atoms in total. The van der Waals surface area contributed by atoms with Crippen LogP contribution in [-0.2, 0) is 10.8 Å². The summed E-state index contributed by atoms with van der Waals surface area (Å²) in [7, 11) is 0. The molecule has 0 saturated heterocycles. The van der Waals surface area contributed by atoms with E-state index in [-0.39, 0.29) is 10.8 Å². The number of rotatable bonds is 3. The van der Waals surface area contributed by atoms with E-state index in [1.54, 1.807) is 0 Å². The van der Waals surface area contributed by atoms with Gasteiger partial charge in [0.25, 0.3) is 5.82 Å². The van der Waals surface area contributed by atoms with Crippen LogP contribution in [0.25, 0.3) is 38.9 Å². The molecule has 2 aromatic heterocycles. The topological polar surface area (TPSA) is 13.7 Å². The van der Waals surface area contributed by atoms with Crippen molar-refractivity contribution < 1.29 is 4.57 Å². The molecule has 6 rings (SSSR count). The lowest BCUT2D eigenvalue weighted by Crippen LogP contribution is -2.33. The van der Waals surface area contributed by atoms with Crippen molar-refractivity contribution in [1.82, 2.24) is 9.13 Å². The Morgan fingerprint density at radius 1 is 0.675 bits per heavy atom. The van der Waals surface area contributed by atoms with E-state index in [0.29, 0.717) is 0 Å². The third-order valence-electron chi connectivity index (χ3n) is 8.32. The molecule has 0 aliphatic carbocycles. The average Bonchev–Trinajstić information content (AvgIpc) is 3.46. The van der Waals surface area contributed by atoms with Crippen LogP contribution in [0, 0.1) is 13.8 Å². The maximum Gasteiger partial charge on any atom is 0.263 e. The Bertz CT molecular complexity index is 1870. The van der Waals surface area contributed by atoms with Crippen LogP contribution in [0.5, 0.6) is 0 Å². The lowest BCUT2D eigenvalue weighted by Gasteiger charge is -2.27. The number of hydrogen-bond acceptors (Lipinski definition) is 0. The quantitative estimate of drug-likeness (QED) is 0.204. The minimum Gasteiger partial charge on any atom is -0.305 e. The van der Waals surface area contributed by atoms with Gasteiger partial charge in [0.05, 0.1) is 5.52 Å².